The minimum atomic E-state index is -0.0449. The lowest BCUT2D eigenvalue weighted by atomic mass is 10.1. The van der Waals surface area contributed by atoms with Crippen LogP contribution in [0.1, 0.15) is 10.4 Å². The molecular formula is C13H20N2O4. The molecule has 0 spiro atoms. The van der Waals surface area contributed by atoms with Crippen LogP contribution in [0, 0.1) is 0 Å². The normalized spacial score (nSPS) is 10.4. The van der Waals surface area contributed by atoms with Crippen LogP contribution in [-0.2, 0) is 4.74 Å². The minimum Gasteiger partial charge on any atom is -0.495 e. The maximum Gasteiger partial charge on any atom is 0.176 e. The molecular weight excluding hydrogens is 248 g/mol. The Kier molecular flexibility index (Phi) is 6.88. The highest BCUT2D eigenvalue weighted by atomic mass is 16.5. The zero-order valence-electron chi connectivity index (χ0n) is 11.0. The summed E-state index contributed by atoms with van der Waals surface area (Å²) in [6, 6.07) is 4.96. The molecule has 0 amide bonds. The van der Waals surface area contributed by atoms with Crippen LogP contribution in [0.5, 0.6) is 5.75 Å². The Hall–Kier alpha value is -1.63. The van der Waals surface area contributed by atoms with Gasteiger partial charge in [0.05, 0.1) is 39.2 Å². The van der Waals surface area contributed by atoms with E-state index < -0.39 is 0 Å². The van der Waals surface area contributed by atoms with E-state index in [2.05, 4.69) is 5.32 Å². The number of hydrogen-bond donors (Lipinski definition) is 3. The standard InChI is InChI=1S/C13H20N2O4/c1-18-13-3-2-10(8-11(13)14)12(17)9-15-4-6-19-7-5-16/h2-3,8,15-16H,4-7,9,14H2,1H3. The third-order valence-corrected chi connectivity index (χ3v) is 2.50. The number of aliphatic hydroxyl groups is 1. The van der Waals surface area contributed by atoms with Gasteiger partial charge in [0, 0.05) is 12.1 Å². The van der Waals surface area contributed by atoms with Crippen LogP contribution in [0.3, 0.4) is 0 Å². The fraction of sp³-hybridized carbons (Fsp3) is 0.462. The summed E-state index contributed by atoms with van der Waals surface area (Å²) >= 11 is 0. The van der Waals surface area contributed by atoms with E-state index in [4.69, 9.17) is 20.3 Å². The molecule has 0 bridgehead atoms. The first-order valence-corrected chi connectivity index (χ1v) is 6.05. The second-order valence-electron chi connectivity index (χ2n) is 3.89. The van der Waals surface area contributed by atoms with E-state index in [1.807, 2.05) is 0 Å². The van der Waals surface area contributed by atoms with Crippen molar-refractivity contribution in [2.24, 2.45) is 0 Å². The quantitative estimate of drug-likeness (QED) is 0.333. The lowest BCUT2D eigenvalue weighted by molar-refractivity contribution is 0.0906. The average molecular weight is 268 g/mol. The number of carbonyl (C=O) groups is 1. The Bertz CT molecular complexity index is 410. The van der Waals surface area contributed by atoms with E-state index >= 15 is 0 Å². The van der Waals surface area contributed by atoms with Crippen molar-refractivity contribution in [3.63, 3.8) is 0 Å². The fourth-order valence-corrected chi connectivity index (χ4v) is 1.52. The molecule has 0 unspecified atom stereocenters. The first-order valence-electron chi connectivity index (χ1n) is 6.05. The van der Waals surface area contributed by atoms with Crippen molar-refractivity contribution in [1.29, 1.82) is 0 Å². The summed E-state index contributed by atoms with van der Waals surface area (Å²) in [5.74, 6) is 0.512. The Balaban J connectivity index is 2.35. The molecule has 4 N–H and O–H groups in total. The molecule has 0 atom stereocenters. The molecule has 0 fully saturated rings. The molecule has 1 aromatic carbocycles. The summed E-state index contributed by atoms with van der Waals surface area (Å²) in [6.45, 7) is 1.54. The van der Waals surface area contributed by atoms with Crippen molar-refractivity contribution < 1.29 is 19.4 Å². The molecule has 0 aliphatic heterocycles. The number of Topliss-reactive ketones (excluding diaryl/α,β-unsaturated/α-hetero) is 1. The number of carbonyl (C=O) groups excluding carboxylic acids is 1. The topological polar surface area (TPSA) is 93.8 Å². The van der Waals surface area contributed by atoms with E-state index in [1.54, 1.807) is 18.2 Å². The van der Waals surface area contributed by atoms with E-state index in [0.717, 1.165) is 0 Å². The molecule has 0 aromatic heterocycles. The third-order valence-electron chi connectivity index (χ3n) is 2.50. The van der Waals surface area contributed by atoms with Gasteiger partial charge in [0.25, 0.3) is 0 Å². The van der Waals surface area contributed by atoms with E-state index in [-0.39, 0.29) is 18.9 Å². The van der Waals surface area contributed by atoms with Crippen LogP contribution in [0.25, 0.3) is 0 Å². The van der Waals surface area contributed by atoms with Gasteiger partial charge in [-0.1, -0.05) is 0 Å². The number of anilines is 1. The first-order chi connectivity index (χ1) is 9.19. The maximum absolute atomic E-state index is 11.8. The number of rotatable bonds is 9. The van der Waals surface area contributed by atoms with E-state index in [9.17, 15) is 4.79 Å². The number of ketones is 1. The molecule has 6 nitrogen and oxygen atoms in total. The van der Waals surface area contributed by atoms with Crippen molar-refractivity contribution in [3.05, 3.63) is 23.8 Å². The van der Waals surface area contributed by atoms with Gasteiger partial charge in [-0.05, 0) is 18.2 Å². The van der Waals surface area contributed by atoms with Crippen LogP contribution in [-0.4, -0.2) is 50.9 Å². The summed E-state index contributed by atoms with van der Waals surface area (Å²) < 4.78 is 10.1. The zero-order valence-corrected chi connectivity index (χ0v) is 11.0. The Labute approximate surface area is 112 Å². The molecule has 0 radical (unpaired) electrons. The predicted molar refractivity (Wildman–Crippen MR) is 72.5 cm³/mol. The van der Waals surface area contributed by atoms with Gasteiger partial charge in [0.15, 0.2) is 5.78 Å². The highest BCUT2D eigenvalue weighted by Gasteiger charge is 2.08. The van der Waals surface area contributed by atoms with E-state index in [0.29, 0.717) is 36.8 Å². The number of nitrogens with one attached hydrogen (secondary N) is 1. The Morgan fingerprint density at radius 3 is 2.84 bits per heavy atom. The molecule has 1 rings (SSSR count). The van der Waals surface area contributed by atoms with Crippen LogP contribution >= 0.6 is 0 Å². The predicted octanol–water partition coefficient (Wildman–Crippen LogP) is 0.0586. The Morgan fingerprint density at radius 2 is 2.21 bits per heavy atom. The van der Waals surface area contributed by atoms with Crippen molar-refractivity contribution in [3.8, 4) is 5.75 Å². The SMILES string of the molecule is COc1ccc(C(=O)CNCCOCCO)cc1N. The van der Waals surface area contributed by atoms with Crippen LogP contribution in [0.2, 0.25) is 0 Å². The van der Waals surface area contributed by atoms with Crippen LogP contribution in [0.4, 0.5) is 5.69 Å². The molecule has 1 aromatic rings. The first kappa shape index (κ1) is 15.4. The van der Waals surface area contributed by atoms with Gasteiger partial charge in [0.2, 0.25) is 0 Å². The monoisotopic (exact) mass is 268 g/mol. The molecule has 6 heteroatoms. The number of methoxy groups -OCH3 is 1. The highest BCUT2D eigenvalue weighted by Crippen LogP contribution is 2.21. The average Bonchev–Trinajstić information content (AvgIpc) is 2.42. The lowest BCUT2D eigenvalue weighted by Gasteiger charge is -2.07. The third kappa shape index (κ3) is 5.25. The number of aliphatic hydroxyl groups excluding tert-OH is 1. The van der Waals surface area contributed by atoms with Gasteiger partial charge in [0.1, 0.15) is 5.75 Å². The molecule has 0 saturated heterocycles. The molecule has 0 saturated carbocycles. The van der Waals surface area contributed by atoms with Crippen LogP contribution < -0.4 is 15.8 Å². The van der Waals surface area contributed by atoms with Crippen LogP contribution in [0.15, 0.2) is 18.2 Å². The van der Waals surface area contributed by atoms with Crippen molar-refractivity contribution in [2.45, 2.75) is 0 Å². The van der Waals surface area contributed by atoms with Gasteiger partial charge in [-0.3, -0.25) is 4.79 Å². The van der Waals surface area contributed by atoms with Gasteiger partial charge in [-0.25, -0.2) is 0 Å². The van der Waals surface area contributed by atoms with Gasteiger partial charge in [-0.15, -0.1) is 0 Å². The summed E-state index contributed by atoms with van der Waals surface area (Å²) in [5.41, 5.74) is 6.73. The highest BCUT2D eigenvalue weighted by molar-refractivity contribution is 5.98. The molecule has 0 aliphatic carbocycles. The Morgan fingerprint density at radius 1 is 1.42 bits per heavy atom. The lowest BCUT2D eigenvalue weighted by Crippen LogP contribution is -2.27. The second kappa shape index (κ2) is 8.47. The number of nitrogens with two attached hydrogens (primary N) is 1. The molecule has 0 aliphatic rings. The summed E-state index contributed by atoms with van der Waals surface area (Å²) in [4.78, 5) is 11.8. The van der Waals surface area contributed by atoms with Crippen molar-refractivity contribution >= 4 is 11.5 Å². The maximum atomic E-state index is 11.8. The van der Waals surface area contributed by atoms with Crippen molar-refractivity contribution in [2.75, 3.05) is 45.8 Å². The molecule has 19 heavy (non-hydrogen) atoms. The largest absolute Gasteiger partial charge is 0.495 e. The van der Waals surface area contributed by atoms with Gasteiger partial charge < -0.3 is 25.6 Å². The number of ether oxygens (including phenoxy) is 2. The number of benzene rings is 1. The van der Waals surface area contributed by atoms with Gasteiger partial charge in [-0.2, -0.15) is 0 Å². The molecule has 106 valence electrons. The van der Waals surface area contributed by atoms with Gasteiger partial charge >= 0.3 is 0 Å². The second-order valence-corrected chi connectivity index (χ2v) is 3.89. The van der Waals surface area contributed by atoms with E-state index in [1.165, 1.54) is 7.11 Å². The minimum absolute atomic E-state index is 0.00402. The number of hydrogen-bond acceptors (Lipinski definition) is 6. The summed E-state index contributed by atoms with van der Waals surface area (Å²) in [7, 11) is 1.53. The fourth-order valence-electron chi connectivity index (χ4n) is 1.52. The zero-order chi connectivity index (χ0) is 14.1. The summed E-state index contributed by atoms with van der Waals surface area (Å²) in [5, 5.41) is 11.5. The van der Waals surface area contributed by atoms with Crippen molar-refractivity contribution in [1.82, 2.24) is 5.32 Å². The smallest absolute Gasteiger partial charge is 0.176 e. The molecule has 0 heterocycles. The summed E-state index contributed by atoms with van der Waals surface area (Å²) in [6.07, 6.45) is 0. The number of nitrogen functional groups attached to an aromatic ring is 1.